The van der Waals surface area contributed by atoms with Gasteiger partial charge in [0.2, 0.25) is 0 Å². The van der Waals surface area contributed by atoms with Gasteiger partial charge in [0.1, 0.15) is 23.3 Å². The molecule has 0 bridgehead atoms. The maximum Gasteiger partial charge on any atom is 0.326 e. The molecule has 2 rings (SSSR count). The second kappa shape index (κ2) is 7.58. The Morgan fingerprint density at radius 1 is 1.30 bits per heavy atom. The topological polar surface area (TPSA) is 82.6 Å². The van der Waals surface area contributed by atoms with E-state index in [9.17, 15) is 19.1 Å². The van der Waals surface area contributed by atoms with Crippen LogP contribution in [0, 0.1) is 11.7 Å². The number of carboxylic acid groups (broad SMARTS) is 1. The average molecular weight is 378 g/mol. The van der Waals surface area contributed by atoms with E-state index >= 15 is 0 Å². The second-order valence-corrected chi connectivity index (χ2v) is 8.05. The summed E-state index contributed by atoms with van der Waals surface area (Å²) in [4.78, 5) is 29.3. The van der Waals surface area contributed by atoms with E-state index in [0.29, 0.717) is 17.6 Å². The molecule has 148 valence electrons. The summed E-state index contributed by atoms with van der Waals surface area (Å²) < 4.78 is 19.4. The Balaban J connectivity index is 2.57. The van der Waals surface area contributed by atoms with Crippen LogP contribution < -0.4 is 4.74 Å². The minimum Gasteiger partial charge on any atom is -0.496 e. The molecule has 6 nitrogen and oxygen atoms in total. The fourth-order valence-corrected chi connectivity index (χ4v) is 3.26. The van der Waals surface area contributed by atoms with Gasteiger partial charge in [0.15, 0.2) is 0 Å². The normalized spacial score (nSPS) is 13.0. The molecule has 0 aliphatic heterocycles. The number of aromatic nitrogens is 1. The number of aliphatic carboxylic acids is 1. The number of carbonyl (C=O) groups excluding carboxylic acids is 1. The molecule has 0 fully saturated rings. The third-order valence-corrected chi connectivity index (χ3v) is 4.39. The van der Waals surface area contributed by atoms with Crippen molar-refractivity contribution in [3.8, 4) is 5.75 Å². The number of amides is 1. The van der Waals surface area contributed by atoms with E-state index < -0.39 is 29.3 Å². The molecule has 0 spiro atoms. The summed E-state index contributed by atoms with van der Waals surface area (Å²) in [5.41, 5.74) is -0.463. The lowest BCUT2D eigenvalue weighted by molar-refractivity contribution is -0.144. The Bertz CT molecular complexity index is 852. The lowest BCUT2D eigenvalue weighted by Crippen LogP contribution is -2.55. The molecule has 27 heavy (non-hydrogen) atoms. The van der Waals surface area contributed by atoms with Crippen LogP contribution in [0.4, 0.5) is 4.39 Å². The first-order chi connectivity index (χ1) is 12.5. The third kappa shape index (κ3) is 4.23. The van der Waals surface area contributed by atoms with Gasteiger partial charge >= 0.3 is 5.97 Å². The van der Waals surface area contributed by atoms with Crippen LogP contribution in [0.25, 0.3) is 10.9 Å². The summed E-state index contributed by atoms with van der Waals surface area (Å²) in [5.74, 6) is -1.55. The molecular formula is C20H27FN2O4. The van der Waals surface area contributed by atoms with Crippen LogP contribution >= 0.6 is 0 Å². The second-order valence-electron chi connectivity index (χ2n) is 8.05. The molecule has 0 aliphatic rings. The molecule has 1 aromatic carbocycles. The maximum absolute atomic E-state index is 14.2. The largest absolute Gasteiger partial charge is 0.496 e. The van der Waals surface area contributed by atoms with E-state index in [2.05, 4.69) is 4.98 Å². The average Bonchev–Trinajstić information content (AvgIpc) is 2.99. The number of rotatable bonds is 6. The van der Waals surface area contributed by atoms with Gasteiger partial charge in [-0.3, -0.25) is 4.79 Å². The number of halogens is 1. The summed E-state index contributed by atoms with van der Waals surface area (Å²) in [7, 11) is 1.46. The monoisotopic (exact) mass is 378 g/mol. The number of nitrogens with one attached hydrogen (secondary N) is 1. The number of hydrogen-bond donors (Lipinski definition) is 2. The molecule has 0 saturated carbocycles. The van der Waals surface area contributed by atoms with Gasteiger partial charge in [0.25, 0.3) is 5.91 Å². The van der Waals surface area contributed by atoms with E-state index in [4.69, 9.17) is 4.74 Å². The Hall–Kier alpha value is -2.57. The Labute approximate surface area is 158 Å². The molecule has 0 radical (unpaired) electrons. The number of benzene rings is 1. The molecule has 7 heteroatoms. The van der Waals surface area contributed by atoms with Crippen molar-refractivity contribution < 1.29 is 23.8 Å². The van der Waals surface area contributed by atoms with Crippen molar-refractivity contribution in [1.29, 1.82) is 0 Å². The number of carbonyl (C=O) groups is 2. The Kier molecular flexibility index (Phi) is 5.82. The first-order valence-corrected chi connectivity index (χ1v) is 8.89. The minimum atomic E-state index is -1.06. The maximum atomic E-state index is 14.2. The number of aromatic amines is 1. The zero-order valence-corrected chi connectivity index (χ0v) is 16.6. The number of fused-ring (bicyclic) bond motifs is 1. The third-order valence-electron chi connectivity index (χ3n) is 4.39. The summed E-state index contributed by atoms with van der Waals surface area (Å²) in [6, 6.07) is 3.26. The Morgan fingerprint density at radius 3 is 2.41 bits per heavy atom. The first-order valence-electron chi connectivity index (χ1n) is 8.89. The van der Waals surface area contributed by atoms with E-state index in [-0.39, 0.29) is 17.1 Å². The molecule has 2 N–H and O–H groups in total. The fourth-order valence-electron chi connectivity index (χ4n) is 3.26. The van der Waals surface area contributed by atoms with E-state index in [1.165, 1.54) is 30.2 Å². The highest BCUT2D eigenvalue weighted by atomic mass is 19.1. The van der Waals surface area contributed by atoms with Gasteiger partial charge in [-0.05, 0) is 51.3 Å². The van der Waals surface area contributed by atoms with Crippen LogP contribution in [0.5, 0.6) is 5.75 Å². The number of hydrogen-bond acceptors (Lipinski definition) is 3. The molecular weight excluding hydrogens is 351 g/mol. The summed E-state index contributed by atoms with van der Waals surface area (Å²) in [6.45, 7) is 9.16. The van der Waals surface area contributed by atoms with Gasteiger partial charge in [0, 0.05) is 10.9 Å². The zero-order valence-electron chi connectivity index (χ0n) is 16.6. The van der Waals surface area contributed by atoms with Crippen molar-refractivity contribution in [3.05, 3.63) is 29.7 Å². The summed E-state index contributed by atoms with van der Waals surface area (Å²) in [5, 5.41) is 10.2. The SMILES string of the molecule is COc1ccc(F)c2[nH]c(C(=O)N([C@@H](CC(C)C)C(=O)O)C(C)(C)C)cc12. The van der Waals surface area contributed by atoms with Crippen molar-refractivity contribution in [2.45, 2.75) is 52.6 Å². The molecule has 0 aliphatic carbocycles. The number of H-pyrrole nitrogens is 1. The summed E-state index contributed by atoms with van der Waals surface area (Å²) >= 11 is 0. The van der Waals surface area contributed by atoms with Crippen LogP contribution in [0.3, 0.4) is 0 Å². The lowest BCUT2D eigenvalue weighted by Gasteiger charge is -2.40. The van der Waals surface area contributed by atoms with E-state index in [0.717, 1.165) is 0 Å². The Morgan fingerprint density at radius 2 is 1.93 bits per heavy atom. The van der Waals surface area contributed by atoms with Crippen LogP contribution in [0.15, 0.2) is 18.2 Å². The van der Waals surface area contributed by atoms with Gasteiger partial charge < -0.3 is 19.7 Å². The van der Waals surface area contributed by atoms with Crippen LogP contribution in [-0.4, -0.2) is 45.6 Å². The van der Waals surface area contributed by atoms with Crippen molar-refractivity contribution in [2.75, 3.05) is 7.11 Å². The number of ether oxygens (including phenoxy) is 1. The molecule has 0 saturated heterocycles. The van der Waals surface area contributed by atoms with Gasteiger partial charge in [0.05, 0.1) is 12.6 Å². The fraction of sp³-hybridized carbons (Fsp3) is 0.500. The highest BCUT2D eigenvalue weighted by Gasteiger charge is 2.38. The van der Waals surface area contributed by atoms with Crippen molar-refractivity contribution >= 4 is 22.8 Å². The van der Waals surface area contributed by atoms with Crippen LogP contribution in [0.2, 0.25) is 0 Å². The molecule has 1 aromatic heterocycles. The molecule has 1 atom stereocenters. The molecule has 1 amide bonds. The predicted molar refractivity (Wildman–Crippen MR) is 102 cm³/mol. The van der Waals surface area contributed by atoms with Crippen molar-refractivity contribution in [2.24, 2.45) is 5.92 Å². The first kappa shape index (κ1) is 20.7. The van der Waals surface area contributed by atoms with Crippen LogP contribution in [-0.2, 0) is 4.79 Å². The van der Waals surface area contributed by atoms with Gasteiger partial charge in [-0.15, -0.1) is 0 Å². The minimum absolute atomic E-state index is 0.0870. The number of methoxy groups -OCH3 is 1. The number of nitrogens with zero attached hydrogens (tertiary/aromatic N) is 1. The number of carboxylic acids is 1. The molecule has 0 unspecified atom stereocenters. The van der Waals surface area contributed by atoms with E-state index in [1.807, 2.05) is 13.8 Å². The van der Waals surface area contributed by atoms with Gasteiger partial charge in [-0.2, -0.15) is 0 Å². The van der Waals surface area contributed by atoms with Crippen LogP contribution in [0.1, 0.15) is 51.5 Å². The summed E-state index contributed by atoms with van der Waals surface area (Å²) in [6.07, 6.45) is 0.316. The highest BCUT2D eigenvalue weighted by molar-refractivity contribution is 6.01. The molecule has 1 heterocycles. The van der Waals surface area contributed by atoms with Gasteiger partial charge in [-0.1, -0.05) is 13.8 Å². The highest BCUT2D eigenvalue weighted by Crippen LogP contribution is 2.31. The zero-order chi connectivity index (χ0) is 20.5. The standard InChI is InChI=1S/C20H27FN2O4/c1-11(2)9-15(19(25)26)23(20(3,4)5)18(24)14-10-12-16(27-6)8-7-13(21)17(12)22-14/h7-8,10-11,15,22H,9H2,1-6H3,(H,25,26)/t15-/m0/s1. The van der Waals surface area contributed by atoms with Crippen molar-refractivity contribution in [3.63, 3.8) is 0 Å². The predicted octanol–water partition coefficient (Wildman–Crippen LogP) is 4.06. The van der Waals surface area contributed by atoms with Crippen molar-refractivity contribution in [1.82, 2.24) is 9.88 Å². The molecule has 2 aromatic rings. The van der Waals surface area contributed by atoms with E-state index in [1.54, 1.807) is 20.8 Å². The quantitative estimate of drug-likeness (QED) is 0.794. The lowest BCUT2D eigenvalue weighted by atomic mass is 9.96. The van der Waals surface area contributed by atoms with Gasteiger partial charge in [-0.25, -0.2) is 9.18 Å². The smallest absolute Gasteiger partial charge is 0.326 e.